The number of aryl methyl sites for hydroxylation is 1. The summed E-state index contributed by atoms with van der Waals surface area (Å²) in [6.45, 7) is 3.57. The summed E-state index contributed by atoms with van der Waals surface area (Å²) in [7, 11) is 0. The highest BCUT2D eigenvalue weighted by atomic mass is 16.3. The predicted octanol–water partition coefficient (Wildman–Crippen LogP) is 3.54. The normalized spacial score (nSPS) is 18.6. The molecule has 5 rings (SSSR count). The van der Waals surface area contributed by atoms with Crippen molar-refractivity contribution in [3.63, 3.8) is 0 Å². The number of aromatic hydroxyl groups is 1. The van der Waals surface area contributed by atoms with E-state index in [-0.39, 0.29) is 11.3 Å². The Bertz CT molecular complexity index is 1200. The molecule has 2 aliphatic rings. The number of para-hydroxylation sites is 1. The Morgan fingerprint density at radius 1 is 1.06 bits per heavy atom. The molecule has 7 heteroatoms. The average molecular weight is 430 g/mol. The quantitative estimate of drug-likeness (QED) is 0.666. The number of phenols is 1. The second-order valence-corrected chi connectivity index (χ2v) is 8.56. The largest absolute Gasteiger partial charge is 0.508 e. The van der Waals surface area contributed by atoms with E-state index in [0.717, 1.165) is 32.4 Å². The van der Waals surface area contributed by atoms with Crippen molar-refractivity contribution in [1.82, 2.24) is 14.5 Å². The number of phenolic OH excluding ortho intramolecular Hbond substituents is 1. The molecule has 1 unspecified atom stereocenters. The van der Waals surface area contributed by atoms with Crippen molar-refractivity contribution >= 4 is 11.9 Å². The van der Waals surface area contributed by atoms with Crippen LogP contribution in [0.4, 0.5) is 5.95 Å². The number of hydrogen-bond acceptors (Lipinski definition) is 6. The molecule has 3 heterocycles. The summed E-state index contributed by atoms with van der Waals surface area (Å²) >= 11 is 0. The molecule has 7 nitrogen and oxygen atoms in total. The van der Waals surface area contributed by atoms with Gasteiger partial charge in [0.2, 0.25) is 11.9 Å². The Balaban J connectivity index is 1.41. The van der Waals surface area contributed by atoms with Gasteiger partial charge in [-0.2, -0.15) is 0 Å². The fraction of sp³-hybridized carbons (Fsp3) is 0.320. The highest BCUT2D eigenvalue weighted by Crippen LogP contribution is 2.32. The van der Waals surface area contributed by atoms with E-state index < -0.39 is 6.17 Å². The molecule has 1 atom stereocenters. The number of benzene rings is 2. The number of fused-ring (bicyclic) bond motifs is 1. The van der Waals surface area contributed by atoms with Crippen LogP contribution in [0.25, 0.3) is 0 Å². The van der Waals surface area contributed by atoms with Crippen LogP contribution in [0.15, 0.2) is 70.5 Å². The van der Waals surface area contributed by atoms with E-state index in [1.54, 1.807) is 25.1 Å². The van der Waals surface area contributed by atoms with Gasteiger partial charge in [-0.1, -0.05) is 48.5 Å². The molecule has 0 amide bonds. The SMILES string of the molecule is Cc1cc(=O)n2c(n1)NC(N1CCC(Cc3ccccc3)CC1)=NC2c1ccccc1O. The second-order valence-electron chi connectivity index (χ2n) is 8.56. The lowest BCUT2D eigenvalue weighted by molar-refractivity contribution is 0.262. The fourth-order valence-electron chi connectivity index (χ4n) is 4.61. The summed E-state index contributed by atoms with van der Waals surface area (Å²) < 4.78 is 1.51. The Morgan fingerprint density at radius 3 is 2.53 bits per heavy atom. The molecular formula is C25H27N5O2. The molecule has 3 aromatic rings. The number of guanidine groups is 1. The van der Waals surface area contributed by atoms with Crippen LogP contribution in [0.1, 0.15) is 35.8 Å². The number of nitrogens with zero attached hydrogens (tertiary/aromatic N) is 4. The lowest BCUT2D eigenvalue weighted by Crippen LogP contribution is -2.46. The molecule has 1 aromatic heterocycles. The first-order valence-electron chi connectivity index (χ1n) is 11.1. The zero-order chi connectivity index (χ0) is 22.1. The van der Waals surface area contributed by atoms with E-state index in [9.17, 15) is 9.90 Å². The number of aromatic nitrogens is 2. The first kappa shape index (κ1) is 20.3. The van der Waals surface area contributed by atoms with Crippen molar-refractivity contribution in [2.45, 2.75) is 32.4 Å². The van der Waals surface area contributed by atoms with Gasteiger partial charge in [-0.15, -0.1) is 0 Å². The molecule has 2 aliphatic heterocycles. The first-order valence-corrected chi connectivity index (χ1v) is 11.1. The first-order chi connectivity index (χ1) is 15.6. The smallest absolute Gasteiger partial charge is 0.257 e. The molecule has 2 N–H and O–H groups in total. The van der Waals surface area contributed by atoms with E-state index in [1.807, 2.05) is 6.07 Å². The Kier molecular flexibility index (Phi) is 5.39. The summed E-state index contributed by atoms with van der Waals surface area (Å²) in [4.78, 5) is 24.5. The Labute approximate surface area is 187 Å². The fourth-order valence-corrected chi connectivity index (χ4v) is 4.61. The van der Waals surface area contributed by atoms with Gasteiger partial charge in [0.15, 0.2) is 6.17 Å². The van der Waals surface area contributed by atoms with Crippen molar-refractivity contribution in [2.24, 2.45) is 10.9 Å². The Morgan fingerprint density at radius 2 is 1.78 bits per heavy atom. The van der Waals surface area contributed by atoms with Gasteiger partial charge in [-0.05, 0) is 43.7 Å². The summed E-state index contributed by atoms with van der Waals surface area (Å²) in [5.74, 6) is 1.91. The van der Waals surface area contributed by atoms with Crippen LogP contribution in [0.2, 0.25) is 0 Å². The minimum atomic E-state index is -0.662. The monoisotopic (exact) mass is 429 g/mol. The molecular weight excluding hydrogens is 402 g/mol. The maximum absolute atomic E-state index is 12.8. The van der Waals surface area contributed by atoms with Crippen LogP contribution in [-0.2, 0) is 6.42 Å². The van der Waals surface area contributed by atoms with Crippen molar-refractivity contribution in [1.29, 1.82) is 0 Å². The minimum absolute atomic E-state index is 0.113. The highest BCUT2D eigenvalue weighted by Gasteiger charge is 2.30. The maximum Gasteiger partial charge on any atom is 0.257 e. The van der Waals surface area contributed by atoms with Crippen molar-refractivity contribution in [3.05, 3.63) is 87.8 Å². The molecule has 0 bridgehead atoms. The average Bonchev–Trinajstić information content (AvgIpc) is 2.79. The number of likely N-dealkylation sites (tertiary alicyclic amines) is 1. The number of hydrogen-bond donors (Lipinski definition) is 2. The highest BCUT2D eigenvalue weighted by molar-refractivity contribution is 5.93. The third-order valence-corrected chi connectivity index (χ3v) is 6.29. The zero-order valence-corrected chi connectivity index (χ0v) is 18.1. The van der Waals surface area contributed by atoms with Gasteiger partial charge in [0.25, 0.3) is 5.56 Å². The molecule has 1 fully saturated rings. The number of anilines is 1. The van der Waals surface area contributed by atoms with E-state index in [2.05, 4.69) is 45.5 Å². The van der Waals surface area contributed by atoms with Crippen LogP contribution in [0, 0.1) is 12.8 Å². The second kappa shape index (κ2) is 8.49. The van der Waals surface area contributed by atoms with Gasteiger partial charge in [-0.25, -0.2) is 9.98 Å². The Hall–Kier alpha value is -3.61. The van der Waals surface area contributed by atoms with Gasteiger partial charge in [-0.3, -0.25) is 14.7 Å². The molecule has 1 saturated heterocycles. The molecule has 0 radical (unpaired) electrons. The summed E-state index contributed by atoms with van der Waals surface area (Å²) in [6.07, 6.45) is 2.58. The number of rotatable bonds is 3. The molecule has 0 saturated carbocycles. The zero-order valence-electron chi connectivity index (χ0n) is 18.1. The molecule has 164 valence electrons. The third-order valence-electron chi connectivity index (χ3n) is 6.29. The molecule has 0 aliphatic carbocycles. The summed E-state index contributed by atoms with van der Waals surface area (Å²) in [5.41, 5.74) is 2.41. The summed E-state index contributed by atoms with van der Waals surface area (Å²) in [6, 6.07) is 19.1. The number of nitrogens with one attached hydrogen (secondary N) is 1. The molecule has 0 spiro atoms. The van der Waals surface area contributed by atoms with Gasteiger partial charge in [0.1, 0.15) is 5.75 Å². The lowest BCUT2D eigenvalue weighted by atomic mass is 9.90. The van der Waals surface area contributed by atoms with Crippen LogP contribution in [0.3, 0.4) is 0 Å². The topological polar surface area (TPSA) is 82.8 Å². The van der Waals surface area contributed by atoms with E-state index in [1.165, 1.54) is 16.2 Å². The van der Waals surface area contributed by atoms with Crippen LogP contribution in [0.5, 0.6) is 5.75 Å². The van der Waals surface area contributed by atoms with Gasteiger partial charge >= 0.3 is 0 Å². The number of aliphatic imine (C=N–C) groups is 1. The van der Waals surface area contributed by atoms with Crippen molar-refractivity contribution in [2.75, 3.05) is 18.4 Å². The molecule has 2 aromatic carbocycles. The van der Waals surface area contributed by atoms with Crippen LogP contribution < -0.4 is 10.9 Å². The lowest BCUT2D eigenvalue weighted by Gasteiger charge is -2.37. The van der Waals surface area contributed by atoms with Gasteiger partial charge < -0.3 is 10.0 Å². The van der Waals surface area contributed by atoms with Crippen molar-refractivity contribution in [3.8, 4) is 5.75 Å². The predicted molar refractivity (Wildman–Crippen MR) is 125 cm³/mol. The van der Waals surface area contributed by atoms with Crippen LogP contribution in [-0.4, -0.2) is 38.6 Å². The summed E-state index contributed by atoms with van der Waals surface area (Å²) in [5, 5.41) is 13.7. The minimum Gasteiger partial charge on any atom is -0.508 e. The van der Waals surface area contributed by atoms with Crippen LogP contribution >= 0.6 is 0 Å². The third kappa shape index (κ3) is 3.98. The number of piperidine rings is 1. The van der Waals surface area contributed by atoms with Crippen molar-refractivity contribution < 1.29 is 5.11 Å². The van der Waals surface area contributed by atoms with E-state index in [0.29, 0.717) is 29.1 Å². The van der Waals surface area contributed by atoms with Gasteiger partial charge in [0, 0.05) is 30.4 Å². The van der Waals surface area contributed by atoms with Gasteiger partial charge in [0.05, 0.1) is 0 Å². The molecule has 32 heavy (non-hydrogen) atoms. The standard InChI is InChI=1S/C25H27N5O2/c1-17-15-22(32)30-23(20-9-5-6-10-21(20)31)27-24(28-25(30)26-17)29-13-11-19(12-14-29)16-18-7-3-2-4-8-18/h2-10,15,19,23,31H,11-14,16H2,1H3,(H,26,27,28). The maximum atomic E-state index is 12.8. The van der Waals surface area contributed by atoms with E-state index in [4.69, 9.17) is 4.99 Å². The van der Waals surface area contributed by atoms with E-state index >= 15 is 0 Å².